The zero-order chi connectivity index (χ0) is 15.8. The van der Waals surface area contributed by atoms with Crippen molar-refractivity contribution in [2.45, 2.75) is 32.7 Å². The number of anilines is 1. The van der Waals surface area contributed by atoms with Gasteiger partial charge in [0.2, 0.25) is 0 Å². The molecule has 1 aliphatic heterocycles. The first-order chi connectivity index (χ1) is 11.2. The lowest BCUT2D eigenvalue weighted by atomic mass is 10.1. The molecule has 0 spiro atoms. The van der Waals surface area contributed by atoms with E-state index in [1.54, 1.807) is 0 Å². The van der Waals surface area contributed by atoms with Crippen LogP contribution in [0.2, 0.25) is 0 Å². The fourth-order valence-corrected chi connectivity index (χ4v) is 2.70. The van der Waals surface area contributed by atoms with Crippen molar-refractivity contribution in [3.05, 3.63) is 65.3 Å². The predicted octanol–water partition coefficient (Wildman–Crippen LogP) is 3.05. The number of hydrogen-bond acceptors (Lipinski definition) is 5. The summed E-state index contributed by atoms with van der Waals surface area (Å²) in [6.07, 6.45) is 3.90. The zero-order valence-corrected chi connectivity index (χ0v) is 13.1. The summed E-state index contributed by atoms with van der Waals surface area (Å²) in [6, 6.07) is 10.2. The Morgan fingerprint density at radius 1 is 1.22 bits per heavy atom. The molecule has 118 valence electrons. The van der Waals surface area contributed by atoms with E-state index in [1.165, 1.54) is 5.56 Å². The minimum Gasteiger partial charge on any atom is -0.361 e. The van der Waals surface area contributed by atoms with Gasteiger partial charge in [0.25, 0.3) is 0 Å². The summed E-state index contributed by atoms with van der Waals surface area (Å²) >= 11 is 0. The molecule has 1 aromatic carbocycles. The van der Waals surface area contributed by atoms with E-state index in [0.29, 0.717) is 6.54 Å². The van der Waals surface area contributed by atoms with Crippen molar-refractivity contribution in [2.75, 3.05) is 5.32 Å². The van der Waals surface area contributed by atoms with Crippen molar-refractivity contribution in [1.29, 1.82) is 0 Å². The number of benzene rings is 1. The monoisotopic (exact) mass is 310 g/mol. The first-order valence-electron chi connectivity index (χ1n) is 7.62. The van der Waals surface area contributed by atoms with Crippen molar-refractivity contribution < 1.29 is 9.26 Å². The summed E-state index contributed by atoms with van der Waals surface area (Å²) in [5, 5.41) is 11.7. The lowest BCUT2D eigenvalue weighted by Gasteiger charge is -2.01. The molecule has 3 aromatic rings. The van der Waals surface area contributed by atoms with Gasteiger partial charge in [0.1, 0.15) is 11.9 Å². The summed E-state index contributed by atoms with van der Waals surface area (Å²) in [5.74, 6) is 0.835. The molecule has 1 fully saturated rings. The SMILES string of the molecule is Cc1noc(C)c1Cn1cc(NC2OC2c2ccccc2)cn1. The van der Waals surface area contributed by atoms with Gasteiger partial charge >= 0.3 is 0 Å². The Morgan fingerprint density at radius 3 is 2.78 bits per heavy atom. The second-order valence-corrected chi connectivity index (χ2v) is 5.76. The largest absolute Gasteiger partial charge is 0.361 e. The summed E-state index contributed by atoms with van der Waals surface area (Å²) in [4.78, 5) is 0. The van der Waals surface area contributed by atoms with Crippen LogP contribution in [0.1, 0.15) is 28.7 Å². The van der Waals surface area contributed by atoms with Gasteiger partial charge < -0.3 is 14.6 Å². The third-order valence-electron chi connectivity index (χ3n) is 4.06. The van der Waals surface area contributed by atoms with Gasteiger partial charge in [-0.15, -0.1) is 0 Å². The molecule has 3 heterocycles. The van der Waals surface area contributed by atoms with Crippen LogP contribution in [-0.4, -0.2) is 21.2 Å². The first kappa shape index (κ1) is 14.0. The fraction of sp³-hybridized carbons (Fsp3) is 0.294. The number of nitrogens with one attached hydrogen (secondary N) is 1. The lowest BCUT2D eigenvalue weighted by molar-refractivity contribution is 0.386. The van der Waals surface area contributed by atoms with Crippen molar-refractivity contribution >= 4 is 5.69 Å². The maximum Gasteiger partial charge on any atom is 0.159 e. The van der Waals surface area contributed by atoms with Crippen molar-refractivity contribution in [1.82, 2.24) is 14.9 Å². The molecule has 1 saturated heterocycles. The molecule has 2 aromatic heterocycles. The van der Waals surface area contributed by atoms with Crippen LogP contribution in [0.15, 0.2) is 47.2 Å². The average molecular weight is 310 g/mol. The van der Waals surface area contributed by atoms with Crippen molar-refractivity contribution in [3.63, 3.8) is 0 Å². The van der Waals surface area contributed by atoms with Crippen LogP contribution in [0, 0.1) is 13.8 Å². The number of aromatic nitrogens is 3. The zero-order valence-electron chi connectivity index (χ0n) is 13.1. The van der Waals surface area contributed by atoms with E-state index in [4.69, 9.17) is 9.26 Å². The van der Waals surface area contributed by atoms with Gasteiger partial charge in [0.05, 0.1) is 24.1 Å². The highest BCUT2D eigenvalue weighted by molar-refractivity contribution is 5.41. The smallest absolute Gasteiger partial charge is 0.159 e. The number of epoxide rings is 1. The summed E-state index contributed by atoms with van der Waals surface area (Å²) in [6.45, 7) is 4.51. The molecule has 0 radical (unpaired) electrons. The molecule has 0 aliphatic carbocycles. The van der Waals surface area contributed by atoms with Crippen LogP contribution in [0.4, 0.5) is 5.69 Å². The molecule has 6 nitrogen and oxygen atoms in total. The van der Waals surface area contributed by atoms with Gasteiger partial charge in [0.15, 0.2) is 6.23 Å². The molecule has 4 rings (SSSR count). The summed E-state index contributed by atoms with van der Waals surface area (Å²) in [5.41, 5.74) is 4.11. The molecule has 2 atom stereocenters. The Morgan fingerprint density at radius 2 is 2.04 bits per heavy atom. The highest BCUT2D eigenvalue weighted by Gasteiger charge is 2.40. The first-order valence-corrected chi connectivity index (χ1v) is 7.62. The molecule has 0 amide bonds. The fourth-order valence-electron chi connectivity index (χ4n) is 2.70. The molecule has 23 heavy (non-hydrogen) atoms. The highest BCUT2D eigenvalue weighted by atomic mass is 16.6. The molecule has 6 heteroatoms. The predicted molar refractivity (Wildman–Crippen MR) is 85.0 cm³/mol. The molecule has 0 saturated carbocycles. The lowest BCUT2D eigenvalue weighted by Crippen LogP contribution is -2.04. The Balaban J connectivity index is 1.40. The van der Waals surface area contributed by atoms with Gasteiger partial charge in [-0.25, -0.2) is 0 Å². The van der Waals surface area contributed by atoms with E-state index in [-0.39, 0.29) is 12.3 Å². The summed E-state index contributed by atoms with van der Waals surface area (Å²) < 4.78 is 12.7. The second kappa shape index (κ2) is 5.55. The van der Waals surface area contributed by atoms with Crippen LogP contribution < -0.4 is 5.32 Å². The standard InChI is InChI=1S/C17H18N4O2/c1-11-15(12(2)23-20-11)10-21-9-14(8-18-21)19-17-16(22-17)13-6-4-3-5-7-13/h3-9,16-17,19H,10H2,1-2H3. The third-order valence-corrected chi connectivity index (χ3v) is 4.06. The van der Waals surface area contributed by atoms with Crippen molar-refractivity contribution in [3.8, 4) is 0 Å². The number of rotatable bonds is 5. The third kappa shape index (κ3) is 2.85. The molecular weight excluding hydrogens is 292 g/mol. The van der Waals surface area contributed by atoms with E-state index in [1.807, 2.05) is 49.1 Å². The second-order valence-electron chi connectivity index (χ2n) is 5.76. The topological polar surface area (TPSA) is 68.4 Å². The van der Waals surface area contributed by atoms with E-state index in [0.717, 1.165) is 22.7 Å². The van der Waals surface area contributed by atoms with Crippen LogP contribution in [0.5, 0.6) is 0 Å². The number of nitrogens with zero attached hydrogens (tertiary/aromatic N) is 3. The van der Waals surface area contributed by atoms with Crippen LogP contribution in [0.25, 0.3) is 0 Å². The number of ether oxygens (including phenoxy) is 1. The quantitative estimate of drug-likeness (QED) is 0.734. The maximum atomic E-state index is 5.69. The van der Waals surface area contributed by atoms with E-state index >= 15 is 0 Å². The van der Waals surface area contributed by atoms with Crippen LogP contribution in [0.3, 0.4) is 0 Å². The summed E-state index contributed by atoms with van der Waals surface area (Å²) in [7, 11) is 0. The Kier molecular flexibility index (Phi) is 3.38. The van der Waals surface area contributed by atoms with Gasteiger partial charge in [-0.05, 0) is 19.4 Å². The normalized spacial score (nSPS) is 19.7. The minimum atomic E-state index is 0.00844. The Hall–Kier alpha value is -2.60. The number of hydrogen-bond donors (Lipinski definition) is 1. The van der Waals surface area contributed by atoms with E-state index in [9.17, 15) is 0 Å². The van der Waals surface area contributed by atoms with Crippen LogP contribution in [-0.2, 0) is 11.3 Å². The Bertz CT molecular complexity index is 790. The average Bonchev–Trinajstić information content (AvgIpc) is 3.08. The molecule has 1 N–H and O–H groups in total. The van der Waals surface area contributed by atoms with Gasteiger partial charge in [-0.3, -0.25) is 4.68 Å². The van der Waals surface area contributed by atoms with E-state index < -0.39 is 0 Å². The maximum absolute atomic E-state index is 5.69. The van der Waals surface area contributed by atoms with Gasteiger partial charge in [0, 0.05) is 11.8 Å². The van der Waals surface area contributed by atoms with Gasteiger partial charge in [-0.2, -0.15) is 5.10 Å². The van der Waals surface area contributed by atoms with Crippen LogP contribution >= 0.6 is 0 Å². The molecule has 2 unspecified atom stereocenters. The van der Waals surface area contributed by atoms with Crippen molar-refractivity contribution in [2.24, 2.45) is 0 Å². The minimum absolute atomic E-state index is 0.00844. The molecule has 1 aliphatic rings. The molecule has 0 bridgehead atoms. The molecular formula is C17H18N4O2. The van der Waals surface area contributed by atoms with Gasteiger partial charge in [-0.1, -0.05) is 35.5 Å². The van der Waals surface area contributed by atoms with E-state index in [2.05, 4.69) is 27.7 Å². The number of aryl methyl sites for hydroxylation is 2. The Labute approximate surface area is 134 Å². The highest BCUT2D eigenvalue weighted by Crippen LogP contribution is 2.38.